The molecule has 1 heterocycles. The third-order valence-electron chi connectivity index (χ3n) is 3.05. The first-order valence-electron chi connectivity index (χ1n) is 5.72. The molecule has 1 N–H and O–H groups in total. The van der Waals surface area contributed by atoms with Crippen molar-refractivity contribution < 1.29 is 19.4 Å². The molecule has 0 bridgehead atoms. The molecule has 0 aromatic heterocycles. The molecule has 0 radical (unpaired) electrons. The monoisotopic (exact) mass is 236 g/mol. The van der Waals surface area contributed by atoms with Crippen LogP contribution < -0.4 is 0 Å². The molecule has 4 heteroatoms. The number of ether oxygens (including phenoxy) is 2. The highest BCUT2D eigenvalue weighted by Gasteiger charge is 2.41. The standard InChI is InChI=1S/C13H16O4/c14-12(15)13(6-8-16-9-7-13)17-10-11-4-2-1-3-5-11/h1-5H,6-10H2,(H,14,15). The van der Waals surface area contributed by atoms with E-state index in [9.17, 15) is 9.90 Å². The lowest BCUT2D eigenvalue weighted by Gasteiger charge is -2.33. The third kappa shape index (κ3) is 2.84. The van der Waals surface area contributed by atoms with E-state index in [0.717, 1.165) is 5.56 Å². The number of carbonyl (C=O) groups is 1. The van der Waals surface area contributed by atoms with Gasteiger partial charge < -0.3 is 14.6 Å². The number of carboxylic acid groups (broad SMARTS) is 1. The Bertz CT molecular complexity index is 368. The second-order valence-corrected chi connectivity index (χ2v) is 4.19. The molecule has 0 atom stereocenters. The lowest BCUT2D eigenvalue weighted by Crippen LogP contribution is -2.46. The van der Waals surface area contributed by atoms with Crippen molar-refractivity contribution in [2.24, 2.45) is 0 Å². The van der Waals surface area contributed by atoms with Crippen LogP contribution in [-0.2, 0) is 20.9 Å². The summed E-state index contributed by atoms with van der Waals surface area (Å²) in [6, 6.07) is 9.60. The van der Waals surface area contributed by atoms with Crippen molar-refractivity contribution in [3.8, 4) is 0 Å². The van der Waals surface area contributed by atoms with Gasteiger partial charge in [0, 0.05) is 26.1 Å². The molecule has 1 aromatic carbocycles. The van der Waals surface area contributed by atoms with Crippen LogP contribution in [0, 0.1) is 0 Å². The Morgan fingerprint density at radius 3 is 2.53 bits per heavy atom. The van der Waals surface area contributed by atoms with E-state index in [4.69, 9.17) is 9.47 Å². The summed E-state index contributed by atoms with van der Waals surface area (Å²) in [7, 11) is 0. The fraction of sp³-hybridized carbons (Fsp3) is 0.462. The maximum absolute atomic E-state index is 11.3. The van der Waals surface area contributed by atoms with Crippen LogP contribution in [-0.4, -0.2) is 29.9 Å². The highest BCUT2D eigenvalue weighted by Crippen LogP contribution is 2.26. The highest BCUT2D eigenvalue weighted by atomic mass is 16.5. The molecule has 0 saturated carbocycles. The van der Waals surface area contributed by atoms with E-state index >= 15 is 0 Å². The number of aliphatic carboxylic acids is 1. The predicted molar refractivity (Wildman–Crippen MR) is 61.7 cm³/mol. The molecule has 1 aliphatic rings. The van der Waals surface area contributed by atoms with Crippen molar-refractivity contribution in [2.45, 2.75) is 25.0 Å². The van der Waals surface area contributed by atoms with E-state index in [1.54, 1.807) is 0 Å². The average molecular weight is 236 g/mol. The maximum atomic E-state index is 11.3. The van der Waals surface area contributed by atoms with E-state index in [1.165, 1.54) is 0 Å². The van der Waals surface area contributed by atoms with Crippen LogP contribution in [0.2, 0.25) is 0 Å². The zero-order valence-electron chi connectivity index (χ0n) is 9.59. The third-order valence-corrected chi connectivity index (χ3v) is 3.05. The van der Waals surface area contributed by atoms with E-state index in [0.29, 0.717) is 32.7 Å². The second-order valence-electron chi connectivity index (χ2n) is 4.19. The summed E-state index contributed by atoms with van der Waals surface area (Å²) < 4.78 is 10.8. The summed E-state index contributed by atoms with van der Waals surface area (Å²) in [5.41, 5.74) is -0.0895. The molecule has 2 rings (SSSR count). The lowest BCUT2D eigenvalue weighted by molar-refractivity contribution is -0.181. The van der Waals surface area contributed by atoms with Crippen molar-refractivity contribution in [2.75, 3.05) is 13.2 Å². The molecule has 0 unspecified atom stereocenters. The molecule has 0 spiro atoms. The van der Waals surface area contributed by atoms with Gasteiger partial charge >= 0.3 is 5.97 Å². The van der Waals surface area contributed by atoms with Crippen molar-refractivity contribution in [3.05, 3.63) is 35.9 Å². The number of hydrogen-bond donors (Lipinski definition) is 1. The van der Waals surface area contributed by atoms with Crippen LogP contribution in [0.5, 0.6) is 0 Å². The fourth-order valence-corrected chi connectivity index (χ4v) is 1.92. The molecular formula is C13H16O4. The van der Waals surface area contributed by atoms with Gasteiger partial charge in [-0.3, -0.25) is 0 Å². The van der Waals surface area contributed by atoms with Crippen molar-refractivity contribution in [1.82, 2.24) is 0 Å². The summed E-state index contributed by atoms with van der Waals surface area (Å²) in [6.45, 7) is 1.22. The smallest absolute Gasteiger partial charge is 0.336 e. The van der Waals surface area contributed by atoms with Gasteiger partial charge in [-0.05, 0) is 5.56 Å². The second kappa shape index (κ2) is 5.29. The molecule has 4 nitrogen and oxygen atoms in total. The molecule has 1 saturated heterocycles. The van der Waals surface area contributed by atoms with Gasteiger partial charge in [0.1, 0.15) is 0 Å². The van der Waals surface area contributed by atoms with Crippen LogP contribution in [0.15, 0.2) is 30.3 Å². The Labute approximate surface area is 100 Å². The fourth-order valence-electron chi connectivity index (χ4n) is 1.92. The minimum atomic E-state index is -1.08. The van der Waals surface area contributed by atoms with Gasteiger partial charge in [-0.2, -0.15) is 0 Å². The van der Waals surface area contributed by atoms with Crippen molar-refractivity contribution >= 4 is 5.97 Å². The maximum Gasteiger partial charge on any atom is 0.336 e. The topological polar surface area (TPSA) is 55.8 Å². The molecule has 1 aliphatic heterocycles. The molecule has 0 amide bonds. The van der Waals surface area contributed by atoms with E-state index in [-0.39, 0.29) is 0 Å². The summed E-state index contributed by atoms with van der Waals surface area (Å²) in [4.78, 5) is 11.3. The van der Waals surface area contributed by atoms with E-state index < -0.39 is 11.6 Å². The van der Waals surface area contributed by atoms with Gasteiger partial charge in [-0.25, -0.2) is 4.79 Å². The van der Waals surface area contributed by atoms with Crippen LogP contribution in [0.1, 0.15) is 18.4 Å². The Kier molecular flexibility index (Phi) is 3.76. The van der Waals surface area contributed by atoms with Gasteiger partial charge in [-0.15, -0.1) is 0 Å². The highest BCUT2D eigenvalue weighted by molar-refractivity contribution is 5.77. The largest absolute Gasteiger partial charge is 0.479 e. The molecular weight excluding hydrogens is 220 g/mol. The quantitative estimate of drug-likeness (QED) is 0.866. The van der Waals surface area contributed by atoms with Crippen molar-refractivity contribution in [3.63, 3.8) is 0 Å². The molecule has 0 aliphatic carbocycles. The Morgan fingerprint density at radius 2 is 1.94 bits per heavy atom. The number of rotatable bonds is 4. The Hall–Kier alpha value is -1.39. The van der Waals surface area contributed by atoms with Crippen LogP contribution in [0.4, 0.5) is 0 Å². The first-order chi connectivity index (χ1) is 8.23. The van der Waals surface area contributed by atoms with Gasteiger partial charge in [0.05, 0.1) is 6.61 Å². The van der Waals surface area contributed by atoms with Gasteiger partial charge in [0.25, 0.3) is 0 Å². The zero-order valence-corrected chi connectivity index (χ0v) is 9.59. The number of carboxylic acids is 1. The molecule has 17 heavy (non-hydrogen) atoms. The Morgan fingerprint density at radius 1 is 1.29 bits per heavy atom. The van der Waals surface area contributed by atoms with Crippen LogP contribution in [0.3, 0.4) is 0 Å². The number of hydrogen-bond acceptors (Lipinski definition) is 3. The summed E-state index contributed by atoms with van der Waals surface area (Å²) in [6.07, 6.45) is 0.824. The van der Waals surface area contributed by atoms with Crippen LogP contribution >= 0.6 is 0 Å². The zero-order chi connectivity index (χ0) is 12.1. The normalized spacial score (nSPS) is 18.8. The van der Waals surface area contributed by atoms with Gasteiger partial charge in [-0.1, -0.05) is 30.3 Å². The summed E-state index contributed by atoms with van der Waals surface area (Å²) >= 11 is 0. The average Bonchev–Trinajstić information content (AvgIpc) is 2.38. The van der Waals surface area contributed by atoms with Crippen molar-refractivity contribution in [1.29, 1.82) is 0 Å². The molecule has 1 aromatic rings. The SMILES string of the molecule is O=C(O)C1(OCc2ccccc2)CCOCC1. The minimum Gasteiger partial charge on any atom is -0.479 e. The minimum absolute atomic E-state index is 0.327. The number of benzene rings is 1. The summed E-state index contributed by atoms with van der Waals surface area (Å²) in [5.74, 6) is -0.892. The lowest BCUT2D eigenvalue weighted by atomic mass is 9.94. The van der Waals surface area contributed by atoms with Crippen LogP contribution in [0.25, 0.3) is 0 Å². The van der Waals surface area contributed by atoms with Gasteiger partial charge in [0.15, 0.2) is 5.60 Å². The van der Waals surface area contributed by atoms with Gasteiger partial charge in [0.2, 0.25) is 0 Å². The first-order valence-corrected chi connectivity index (χ1v) is 5.72. The molecule has 1 fully saturated rings. The van der Waals surface area contributed by atoms with E-state index in [2.05, 4.69) is 0 Å². The molecule has 92 valence electrons. The van der Waals surface area contributed by atoms with E-state index in [1.807, 2.05) is 30.3 Å². The predicted octanol–water partition coefficient (Wildman–Crippen LogP) is 1.84. The Balaban J connectivity index is 2.01. The first kappa shape index (κ1) is 12.1. The summed E-state index contributed by atoms with van der Waals surface area (Å²) in [5, 5.41) is 9.29.